The third-order valence-electron chi connectivity index (χ3n) is 12.4. The summed E-state index contributed by atoms with van der Waals surface area (Å²) in [4.78, 5) is 69.6. The SMILES string of the molecule is Cc1cc(-c2ncnc3[nH]c(-c4ccc(C5CCN(CC6CCN(c7ccc(N(C)CCC(=O)NC=O)cc7)CC6)C5)nc4)cc23)ccc1CNC(=O)C1N=C(C(C)(C)C)NO1. The third kappa shape index (κ3) is 9.79. The number of hydrogen-bond donors (Lipinski definition) is 4. The topological polar surface area (TPSA) is 173 Å². The standard InChI is InChI=1S/C47H57N11O4/c1-30-22-32(6-7-33(30)24-49-44(61)45-54-46(55-62-45)47(2,3)4)42-38-23-40(53-43(38)51-28-50-42)34-8-13-39(48-25-34)35-16-19-57(27-35)26-31-14-20-58(21-15-31)37-11-9-36(10-12-37)56(5)18-17-41(60)52-29-59/h6-13,22-23,25,28-29,31,35,45H,14-21,24,26-27H2,1-5H3,(H,49,61)(H,54,55)(H,50,51,53)(H,52,59,60). The number of aryl methyl sites for hydroxylation is 1. The molecule has 4 N–H and O–H groups in total. The number of aliphatic imine (C=N–C) groups is 1. The fourth-order valence-corrected chi connectivity index (χ4v) is 8.62. The summed E-state index contributed by atoms with van der Waals surface area (Å²) in [5, 5.41) is 6.08. The lowest BCUT2D eigenvalue weighted by molar-refractivity contribution is -0.133. The fraction of sp³-hybridized carbons (Fsp3) is 0.426. The van der Waals surface area contributed by atoms with Crippen molar-refractivity contribution in [2.24, 2.45) is 16.3 Å². The first-order chi connectivity index (χ1) is 29.9. The van der Waals surface area contributed by atoms with Gasteiger partial charge in [0.1, 0.15) is 17.8 Å². The third-order valence-corrected chi connectivity index (χ3v) is 12.4. The number of nitrogens with zero attached hydrogens (tertiary/aromatic N) is 7. The zero-order chi connectivity index (χ0) is 43.4. The van der Waals surface area contributed by atoms with E-state index in [1.54, 1.807) is 6.33 Å². The van der Waals surface area contributed by atoms with Crippen LogP contribution in [-0.4, -0.2) is 101 Å². The number of carbonyl (C=O) groups is 3. The highest BCUT2D eigenvalue weighted by atomic mass is 16.7. The van der Waals surface area contributed by atoms with E-state index in [4.69, 9.17) is 9.82 Å². The number of aromatic nitrogens is 4. The Balaban J connectivity index is 0.822. The number of anilines is 2. The summed E-state index contributed by atoms with van der Waals surface area (Å²) in [6.45, 7) is 14.3. The number of H-pyrrole nitrogens is 1. The van der Waals surface area contributed by atoms with E-state index in [1.165, 1.54) is 18.5 Å². The van der Waals surface area contributed by atoms with Gasteiger partial charge in [-0.25, -0.2) is 25.3 Å². The molecule has 0 saturated carbocycles. The van der Waals surface area contributed by atoms with Gasteiger partial charge >= 0.3 is 0 Å². The Labute approximate surface area is 362 Å². The summed E-state index contributed by atoms with van der Waals surface area (Å²) in [5.41, 5.74) is 12.5. The van der Waals surface area contributed by atoms with Gasteiger partial charge in [-0.1, -0.05) is 32.9 Å². The Morgan fingerprint density at radius 3 is 2.47 bits per heavy atom. The molecule has 3 aromatic heterocycles. The molecule has 62 heavy (non-hydrogen) atoms. The molecule has 2 atom stereocenters. The number of benzene rings is 2. The van der Waals surface area contributed by atoms with Gasteiger partial charge in [0.25, 0.3) is 12.1 Å². The Kier molecular flexibility index (Phi) is 12.6. The molecule has 6 heterocycles. The van der Waals surface area contributed by atoms with E-state index in [2.05, 4.69) is 94.4 Å². The van der Waals surface area contributed by atoms with Gasteiger partial charge in [-0.2, -0.15) is 0 Å². The number of aromatic amines is 1. The molecule has 2 unspecified atom stereocenters. The van der Waals surface area contributed by atoms with Crippen LogP contribution < -0.4 is 25.9 Å². The molecular formula is C47H57N11O4. The summed E-state index contributed by atoms with van der Waals surface area (Å²) in [7, 11) is 1.96. The van der Waals surface area contributed by atoms with Crippen LogP contribution in [0.3, 0.4) is 0 Å². The van der Waals surface area contributed by atoms with Crippen molar-refractivity contribution in [3.8, 4) is 22.5 Å². The second-order valence-electron chi connectivity index (χ2n) is 17.8. The van der Waals surface area contributed by atoms with Crippen molar-refractivity contribution in [2.45, 2.75) is 72.1 Å². The van der Waals surface area contributed by atoms with Crippen LogP contribution in [0.25, 0.3) is 33.5 Å². The number of rotatable bonds is 14. The van der Waals surface area contributed by atoms with Gasteiger partial charge in [0, 0.05) is 110 Å². The molecule has 3 amide bonds. The number of pyridine rings is 1. The maximum atomic E-state index is 12.8. The highest BCUT2D eigenvalue weighted by Gasteiger charge is 2.32. The number of imide groups is 1. The summed E-state index contributed by atoms with van der Waals surface area (Å²) >= 11 is 0. The zero-order valence-corrected chi connectivity index (χ0v) is 36.3. The summed E-state index contributed by atoms with van der Waals surface area (Å²) in [5.74, 6) is 1.19. The lowest BCUT2D eigenvalue weighted by atomic mass is 9.95. The molecule has 8 rings (SSSR count). The Hall–Kier alpha value is -6.19. The van der Waals surface area contributed by atoms with Crippen LogP contribution in [0.15, 0.2) is 78.2 Å². The van der Waals surface area contributed by atoms with Crippen molar-refractivity contribution < 1.29 is 19.2 Å². The lowest BCUT2D eigenvalue weighted by Gasteiger charge is -2.35. The molecule has 3 aliphatic heterocycles. The summed E-state index contributed by atoms with van der Waals surface area (Å²) in [6.07, 6.45) is 6.81. The summed E-state index contributed by atoms with van der Waals surface area (Å²) < 4.78 is 0. The fourth-order valence-electron chi connectivity index (χ4n) is 8.62. The molecule has 2 fully saturated rings. The van der Waals surface area contributed by atoms with Crippen molar-refractivity contribution >= 4 is 46.5 Å². The first-order valence-electron chi connectivity index (χ1n) is 21.6. The molecule has 0 bridgehead atoms. The number of fused-ring (bicyclic) bond motifs is 1. The van der Waals surface area contributed by atoms with E-state index in [-0.39, 0.29) is 23.7 Å². The summed E-state index contributed by atoms with van der Waals surface area (Å²) in [6, 6.07) is 21.1. The normalized spacial score (nSPS) is 18.4. The molecule has 0 spiro atoms. The molecule has 2 aromatic carbocycles. The largest absolute Gasteiger partial charge is 0.374 e. The minimum Gasteiger partial charge on any atom is -0.374 e. The molecule has 3 aliphatic rings. The van der Waals surface area contributed by atoms with Crippen molar-refractivity contribution in [1.29, 1.82) is 0 Å². The van der Waals surface area contributed by atoms with Crippen molar-refractivity contribution in [2.75, 3.05) is 56.1 Å². The van der Waals surface area contributed by atoms with E-state index in [9.17, 15) is 14.4 Å². The predicted octanol–water partition coefficient (Wildman–Crippen LogP) is 5.72. The van der Waals surface area contributed by atoms with Crippen molar-refractivity contribution in [3.05, 3.63) is 90.0 Å². The maximum Gasteiger partial charge on any atom is 0.274 e. The highest BCUT2D eigenvalue weighted by Crippen LogP contribution is 2.33. The molecule has 0 aliphatic carbocycles. The van der Waals surface area contributed by atoms with Crippen LogP contribution >= 0.6 is 0 Å². The average Bonchev–Trinajstić information content (AvgIpc) is 4.07. The molecular weight excluding hydrogens is 783 g/mol. The maximum absolute atomic E-state index is 12.8. The molecule has 2 saturated heterocycles. The minimum atomic E-state index is -0.912. The highest BCUT2D eigenvalue weighted by molar-refractivity contribution is 5.94. The number of amidine groups is 1. The molecule has 324 valence electrons. The number of hydrogen-bond acceptors (Lipinski definition) is 12. The smallest absolute Gasteiger partial charge is 0.274 e. The van der Waals surface area contributed by atoms with Crippen molar-refractivity contribution in [1.82, 2.24) is 40.9 Å². The second-order valence-corrected chi connectivity index (χ2v) is 17.8. The second kappa shape index (κ2) is 18.4. The van der Waals surface area contributed by atoms with Gasteiger partial charge < -0.3 is 25.0 Å². The Morgan fingerprint density at radius 1 is 0.968 bits per heavy atom. The van der Waals surface area contributed by atoms with E-state index < -0.39 is 6.23 Å². The van der Waals surface area contributed by atoms with Crippen LogP contribution in [0.1, 0.15) is 69.2 Å². The van der Waals surface area contributed by atoms with Gasteiger partial charge in [0.15, 0.2) is 0 Å². The van der Waals surface area contributed by atoms with Gasteiger partial charge in [-0.3, -0.25) is 24.7 Å². The molecule has 15 nitrogen and oxygen atoms in total. The quantitative estimate of drug-likeness (QED) is 0.101. The number of likely N-dealkylation sites (tertiary alicyclic amines) is 1. The van der Waals surface area contributed by atoms with Gasteiger partial charge in [-0.15, -0.1) is 0 Å². The zero-order valence-electron chi connectivity index (χ0n) is 36.3. The first kappa shape index (κ1) is 42.5. The van der Waals surface area contributed by atoms with Gasteiger partial charge in [0.05, 0.1) is 5.69 Å². The van der Waals surface area contributed by atoms with Crippen LogP contribution in [0, 0.1) is 18.3 Å². The van der Waals surface area contributed by atoms with Crippen LogP contribution in [0.5, 0.6) is 0 Å². The van der Waals surface area contributed by atoms with E-state index in [0.29, 0.717) is 37.2 Å². The lowest BCUT2D eigenvalue weighted by Crippen LogP contribution is -2.38. The van der Waals surface area contributed by atoms with E-state index >= 15 is 0 Å². The Morgan fingerprint density at radius 2 is 1.76 bits per heavy atom. The van der Waals surface area contributed by atoms with E-state index in [0.717, 1.165) is 95.2 Å². The molecule has 5 aromatic rings. The van der Waals surface area contributed by atoms with Crippen molar-refractivity contribution in [3.63, 3.8) is 0 Å². The predicted molar refractivity (Wildman–Crippen MR) is 241 cm³/mol. The number of amides is 3. The number of carbonyl (C=O) groups excluding carboxylic acids is 3. The van der Waals surface area contributed by atoms with Crippen LogP contribution in [0.4, 0.5) is 11.4 Å². The first-order valence-corrected chi connectivity index (χ1v) is 21.6. The number of hydroxylamine groups is 1. The Bertz CT molecular complexity index is 2420. The number of nitrogens with one attached hydrogen (secondary N) is 4. The minimum absolute atomic E-state index is 0.238. The van der Waals surface area contributed by atoms with Gasteiger partial charge in [-0.05, 0) is 98.3 Å². The molecule has 0 radical (unpaired) electrons. The van der Waals surface area contributed by atoms with Crippen LogP contribution in [-0.2, 0) is 25.8 Å². The number of piperidine rings is 1. The molecule has 15 heteroatoms. The monoisotopic (exact) mass is 839 g/mol. The average molecular weight is 840 g/mol. The van der Waals surface area contributed by atoms with Crippen LogP contribution in [0.2, 0.25) is 0 Å². The van der Waals surface area contributed by atoms with Gasteiger partial charge in [0.2, 0.25) is 12.3 Å². The van der Waals surface area contributed by atoms with E-state index in [1.807, 2.05) is 58.0 Å².